The number of carbonyl (C=O) groups excluding carboxylic acids is 2. The first-order valence-electron chi connectivity index (χ1n) is 12.6. The van der Waals surface area contributed by atoms with Crippen molar-refractivity contribution in [1.82, 2.24) is 20.1 Å². The summed E-state index contributed by atoms with van der Waals surface area (Å²) < 4.78 is 53.4. The number of benzene rings is 1. The van der Waals surface area contributed by atoms with Crippen molar-refractivity contribution in [2.24, 2.45) is 10.3 Å². The lowest BCUT2D eigenvalue weighted by atomic mass is 10.0. The van der Waals surface area contributed by atoms with Gasteiger partial charge in [0.05, 0.1) is 28.6 Å². The Labute approximate surface area is 242 Å². The lowest BCUT2D eigenvalue weighted by Gasteiger charge is -2.20. The molecule has 2 heterocycles. The highest BCUT2D eigenvalue weighted by atomic mass is 19.4. The maximum absolute atomic E-state index is 13.9. The molecule has 0 bridgehead atoms. The number of halogens is 4. The maximum atomic E-state index is 13.9. The van der Waals surface area contributed by atoms with E-state index in [0.717, 1.165) is 10.1 Å². The maximum Gasteiger partial charge on any atom is 0.429 e. The fourth-order valence-electron chi connectivity index (χ4n) is 3.61. The Morgan fingerprint density at radius 1 is 1.23 bits per heavy atom. The van der Waals surface area contributed by atoms with Gasteiger partial charge in [-0.2, -0.15) is 29.0 Å². The molecular formula is C26H28F4N11O2+. The molecule has 0 saturated carbocycles. The van der Waals surface area contributed by atoms with Crippen molar-refractivity contribution in [2.75, 3.05) is 11.1 Å². The van der Waals surface area contributed by atoms with Gasteiger partial charge in [0.15, 0.2) is 11.7 Å². The summed E-state index contributed by atoms with van der Waals surface area (Å²) in [6.07, 6.45) is -3.94. The van der Waals surface area contributed by atoms with Gasteiger partial charge in [-0.25, -0.2) is 14.1 Å². The predicted molar refractivity (Wildman–Crippen MR) is 146 cm³/mol. The van der Waals surface area contributed by atoms with Gasteiger partial charge in [0.2, 0.25) is 0 Å². The van der Waals surface area contributed by atoms with Gasteiger partial charge in [-0.05, 0) is 63.6 Å². The largest absolute Gasteiger partial charge is 0.429 e. The minimum atomic E-state index is -5.35. The zero-order valence-corrected chi connectivity index (χ0v) is 23.4. The summed E-state index contributed by atoms with van der Waals surface area (Å²) in [6.45, 7) is 5.08. The van der Waals surface area contributed by atoms with Crippen molar-refractivity contribution >= 4 is 29.0 Å². The van der Waals surface area contributed by atoms with Crippen LogP contribution in [0.15, 0.2) is 46.9 Å². The molecule has 1 aromatic carbocycles. The molecule has 3 rings (SSSR count). The SMILES string of the molecule is Cc1cc(C#N)cc(C(=O)NC(C)C)c1NC(=O)c1cc(C[NH2+]N=NC(=N)C(C)(F)C(F)(F)F)nn1-c1ncccc1N. The van der Waals surface area contributed by atoms with Crippen LogP contribution in [0.25, 0.3) is 5.82 Å². The highest BCUT2D eigenvalue weighted by Gasteiger charge is 2.56. The van der Waals surface area contributed by atoms with Crippen LogP contribution in [0.5, 0.6) is 0 Å². The Kier molecular flexibility index (Phi) is 9.56. The van der Waals surface area contributed by atoms with Gasteiger partial charge in [-0.15, -0.1) is 0 Å². The summed E-state index contributed by atoms with van der Waals surface area (Å²) in [4.78, 5) is 30.7. The van der Waals surface area contributed by atoms with Gasteiger partial charge in [0, 0.05) is 17.5 Å². The molecule has 0 radical (unpaired) electrons. The molecule has 0 aliphatic heterocycles. The Hall–Kier alpha value is -5.24. The second kappa shape index (κ2) is 12.7. The number of pyridine rings is 1. The van der Waals surface area contributed by atoms with Crippen LogP contribution >= 0.6 is 0 Å². The summed E-state index contributed by atoms with van der Waals surface area (Å²) >= 11 is 0. The number of nitrogen functional groups attached to an aromatic ring is 1. The van der Waals surface area contributed by atoms with Gasteiger partial charge < -0.3 is 16.4 Å². The highest BCUT2D eigenvalue weighted by molar-refractivity contribution is 6.09. The molecule has 1 unspecified atom stereocenters. The molecule has 0 aliphatic rings. The van der Waals surface area contributed by atoms with Gasteiger partial charge in [-0.1, -0.05) is 5.11 Å². The zero-order chi connectivity index (χ0) is 32.1. The first-order chi connectivity index (χ1) is 20.1. The third-order valence-corrected chi connectivity index (χ3v) is 5.89. The van der Waals surface area contributed by atoms with Crippen molar-refractivity contribution in [1.29, 1.82) is 10.7 Å². The topological polar surface area (TPSA) is 204 Å². The number of amidine groups is 1. The van der Waals surface area contributed by atoms with E-state index in [1.165, 1.54) is 30.5 Å². The number of amides is 2. The average Bonchev–Trinajstić information content (AvgIpc) is 3.35. The van der Waals surface area contributed by atoms with Crippen LogP contribution in [0.1, 0.15) is 58.4 Å². The van der Waals surface area contributed by atoms with Gasteiger partial charge >= 0.3 is 6.18 Å². The van der Waals surface area contributed by atoms with E-state index >= 15 is 0 Å². The van der Waals surface area contributed by atoms with Crippen LogP contribution in [-0.2, 0) is 6.54 Å². The molecule has 0 fully saturated rings. The monoisotopic (exact) mass is 602 g/mol. The molecule has 0 saturated heterocycles. The number of quaternary nitrogens is 1. The Morgan fingerprint density at radius 2 is 1.93 bits per heavy atom. The number of hydrogen-bond acceptors (Lipinski definition) is 8. The third kappa shape index (κ3) is 7.35. The Balaban J connectivity index is 1.96. The number of nitrogens with one attached hydrogen (secondary N) is 3. The number of nitrogens with two attached hydrogens (primary N) is 2. The van der Waals surface area contributed by atoms with E-state index < -0.39 is 29.5 Å². The molecule has 0 aliphatic carbocycles. The lowest BCUT2D eigenvalue weighted by Crippen LogP contribution is -2.76. The molecule has 43 heavy (non-hydrogen) atoms. The number of nitriles is 1. The number of nitrogens with zero attached hydrogens (tertiary/aromatic N) is 6. The van der Waals surface area contributed by atoms with Gasteiger partial charge in [0.25, 0.3) is 17.5 Å². The van der Waals surface area contributed by atoms with Crippen LogP contribution < -0.4 is 21.8 Å². The second-order valence-corrected chi connectivity index (χ2v) is 9.71. The summed E-state index contributed by atoms with van der Waals surface area (Å²) in [5, 5.41) is 32.7. The van der Waals surface area contributed by atoms with E-state index in [9.17, 15) is 32.4 Å². The number of aryl methyl sites for hydroxylation is 1. The fraction of sp³-hybridized carbons (Fsp3) is 0.308. The first kappa shape index (κ1) is 32.3. The number of rotatable bonds is 9. The number of aromatic nitrogens is 3. The third-order valence-electron chi connectivity index (χ3n) is 5.89. The van der Waals surface area contributed by atoms with E-state index in [4.69, 9.17) is 11.1 Å². The standard InChI is InChI=1S/C26H27F4N11O2/c1-13(2)36-22(42)17-9-15(11-31)8-14(3)20(17)37-23(43)19-10-16(39-41(19)21-18(32)6-5-7-34-21)12-35-40-38-24(33)25(4,27)26(28,29)30/h5-10,13H,12,32H2,1-4H3,(H,36,42)(H,37,43)(H2,33,35,38)/p+1. The van der Waals surface area contributed by atoms with Crippen LogP contribution in [-0.4, -0.2) is 50.3 Å². The molecule has 0 spiro atoms. The summed E-state index contributed by atoms with van der Waals surface area (Å²) in [5.74, 6) is -2.82. The van der Waals surface area contributed by atoms with Crippen LogP contribution in [0, 0.1) is 23.7 Å². The smallest absolute Gasteiger partial charge is 0.396 e. The molecule has 7 N–H and O–H groups in total. The van der Waals surface area contributed by atoms with Crippen LogP contribution in [0.4, 0.5) is 28.9 Å². The first-order valence-corrected chi connectivity index (χ1v) is 12.6. The van der Waals surface area contributed by atoms with Crippen molar-refractivity contribution in [2.45, 2.75) is 52.1 Å². The van der Waals surface area contributed by atoms with Crippen molar-refractivity contribution in [3.8, 4) is 11.9 Å². The molecule has 13 nitrogen and oxygen atoms in total. The van der Waals surface area contributed by atoms with Crippen LogP contribution in [0.3, 0.4) is 0 Å². The Bertz CT molecular complexity index is 1620. The van der Waals surface area contributed by atoms with Gasteiger partial charge in [0.1, 0.15) is 17.9 Å². The van der Waals surface area contributed by atoms with Crippen molar-refractivity contribution < 1.29 is 32.6 Å². The van der Waals surface area contributed by atoms with E-state index in [1.807, 2.05) is 6.07 Å². The van der Waals surface area contributed by atoms with E-state index in [0.29, 0.717) is 5.56 Å². The minimum Gasteiger partial charge on any atom is -0.396 e. The normalized spacial score (nSPS) is 13.0. The predicted octanol–water partition coefficient (Wildman–Crippen LogP) is 3.12. The highest BCUT2D eigenvalue weighted by Crippen LogP contribution is 2.34. The average molecular weight is 603 g/mol. The number of hydrogen-bond donors (Lipinski definition) is 5. The number of anilines is 2. The lowest BCUT2D eigenvalue weighted by molar-refractivity contribution is -0.684. The molecule has 226 valence electrons. The molecule has 1 atom stereocenters. The summed E-state index contributed by atoms with van der Waals surface area (Å²) in [6, 6.07) is 8.99. The fourth-order valence-corrected chi connectivity index (χ4v) is 3.61. The van der Waals surface area contributed by atoms with Gasteiger partial charge in [-0.3, -0.25) is 15.0 Å². The van der Waals surface area contributed by atoms with Crippen molar-refractivity contribution in [3.05, 3.63) is 64.6 Å². The van der Waals surface area contributed by atoms with E-state index in [2.05, 4.69) is 31.1 Å². The van der Waals surface area contributed by atoms with Crippen molar-refractivity contribution in [3.63, 3.8) is 0 Å². The number of carbonyl (C=O) groups is 2. The quantitative estimate of drug-likeness (QED) is 0.0621. The molecule has 2 amide bonds. The van der Waals surface area contributed by atoms with E-state index in [1.54, 1.807) is 26.8 Å². The minimum absolute atomic E-state index is 0.0529. The summed E-state index contributed by atoms with van der Waals surface area (Å²) in [5.41, 5.74) is 4.09. The number of alkyl halides is 4. The zero-order valence-electron chi connectivity index (χ0n) is 23.4. The summed E-state index contributed by atoms with van der Waals surface area (Å²) in [7, 11) is 0. The van der Waals surface area contributed by atoms with Crippen LogP contribution in [0.2, 0.25) is 0 Å². The molecule has 17 heteroatoms. The molecule has 3 aromatic rings. The Morgan fingerprint density at radius 3 is 2.53 bits per heavy atom. The molecule has 2 aromatic heterocycles. The molecular weight excluding hydrogens is 574 g/mol. The van der Waals surface area contributed by atoms with E-state index in [-0.39, 0.29) is 59.2 Å². The second-order valence-electron chi connectivity index (χ2n) is 9.71.